The number of rotatable bonds is 13. The molecule has 5 aromatic heterocycles. The molecule has 0 saturated heterocycles. The number of pyridine rings is 2. The number of nitrogens with one attached hydrogen (secondary N) is 4. The largest absolute Gasteiger partial charge is 0.391 e. The Labute approximate surface area is 373 Å². The molecule has 10 rings (SSSR count). The molecule has 8 unspecified atom stereocenters. The van der Waals surface area contributed by atoms with Crippen LogP contribution in [0.5, 0.6) is 0 Å². The van der Waals surface area contributed by atoms with Crippen molar-refractivity contribution in [3.63, 3.8) is 0 Å². The number of hydrogen-bond donors (Lipinski definition) is 5. The van der Waals surface area contributed by atoms with Gasteiger partial charge in [0.2, 0.25) is 20.9 Å². The Hall–Kier alpha value is -5.68. The quantitative estimate of drug-likeness (QED) is 0.0812. The van der Waals surface area contributed by atoms with Crippen molar-refractivity contribution >= 4 is 44.7 Å². The molecule has 0 radical (unpaired) electrons. The van der Waals surface area contributed by atoms with Gasteiger partial charge in [-0.3, -0.25) is 28.3 Å². The zero-order valence-electron chi connectivity index (χ0n) is 36.7. The molecule has 0 aliphatic heterocycles. The molecule has 5 heterocycles. The number of nitrogens with zero attached hydrogens (tertiary/aromatic N) is 6. The topological polar surface area (TPSA) is 218 Å². The first-order valence-electron chi connectivity index (χ1n) is 22.6. The molecule has 1 spiro atoms. The van der Waals surface area contributed by atoms with E-state index in [-0.39, 0.29) is 51.7 Å². The lowest BCUT2D eigenvalue weighted by atomic mass is 9.46. The highest BCUT2D eigenvalue weighted by atomic mass is 32.2. The Morgan fingerprint density at radius 3 is 2.50 bits per heavy atom. The van der Waals surface area contributed by atoms with Gasteiger partial charge in [-0.15, -0.1) is 13.2 Å². The molecular weight excluding hydrogens is 833 g/mol. The van der Waals surface area contributed by atoms with Gasteiger partial charge in [-0.05, 0) is 123 Å². The molecule has 5 aliphatic carbocycles. The minimum atomic E-state index is -3.69. The van der Waals surface area contributed by atoms with Gasteiger partial charge in [0.15, 0.2) is 0 Å². The van der Waals surface area contributed by atoms with Crippen LogP contribution in [-0.4, -0.2) is 83.9 Å². The fourth-order valence-electron chi connectivity index (χ4n) is 11.9. The number of aromatic amines is 1. The van der Waals surface area contributed by atoms with Crippen molar-refractivity contribution in [3.8, 4) is 0 Å². The van der Waals surface area contributed by atoms with Crippen LogP contribution in [0.15, 0.2) is 85.6 Å². The van der Waals surface area contributed by atoms with Crippen molar-refractivity contribution < 1.29 is 27.9 Å². The molecule has 64 heavy (non-hydrogen) atoms. The predicted octanol–water partition coefficient (Wildman–Crippen LogP) is 6.47. The molecule has 5 aromatic rings. The van der Waals surface area contributed by atoms with Gasteiger partial charge in [0.25, 0.3) is 11.8 Å². The van der Waals surface area contributed by atoms with Gasteiger partial charge >= 0.3 is 0 Å². The van der Waals surface area contributed by atoms with Gasteiger partial charge in [0.1, 0.15) is 40.6 Å². The average Bonchev–Trinajstić information content (AvgIpc) is 4.11. The van der Waals surface area contributed by atoms with Crippen molar-refractivity contribution in [2.75, 3.05) is 11.9 Å². The van der Waals surface area contributed by atoms with Gasteiger partial charge in [-0.2, -0.15) is 5.10 Å². The summed E-state index contributed by atoms with van der Waals surface area (Å²) in [4.78, 5) is 50.8. The first-order chi connectivity index (χ1) is 30.8. The Morgan fingerprint density at radius 2 is 1.73 bits per heavy atom. The SMILES string of the molecule is C/C=C\CC(C)CC(=O)Nc1cccc2nc(C(=O)NC3CCCCC3O)cn12.C=C.O=C(NCC12CC3CC4CC(C1)C2(C4)C3)c1cccc2nc(CS(=O)(=O)c3ncn[nH]3)cn12. The molecule has 5 aliphatic rings. The van der Waals surface area contributed by atoms with Crippen molar-refractivity contribution in [2.45, 2.75) is 114 Å². The number of sulfone groups is 1. The number of anilines is 1. The van der Waals surface area contributed by atoms with Crippen LogP contribution in [0.1, 0.15) is 118 Å². The average molecular weight is 893 g/mol. The summed E-state index contributed by atoms with van der Waals surface area (Å²) in [6, 6.07) is 10.5. The van der Waals surface area contributed by atoms with E-state index in [9.17, 15) is 27.9 Å². The number of H-pyrrole nitrogens is 1. The number of imidazole rings is 2. The highest BCUT2D eigenvalue weighted by Crippen LogP contribution is 2.81. The summed E-state index contributed by atoms with van der Waals surface area (Å²) in [5, 5.41) is 25.0. The number of allylic oxidation sites excluding steroid dienone is 2. The molecule has 17 heteroatoms. The van der Waals surface area contributed by atoms with Crippen LogP contribution in [0, 0.1) is 34.5 Å². The standard InChI is InChI=1S/C23H26N6O3S.C22H30N4O3.C2H4/c30-20(24-12-22-6-15-4-14-5-16(9-22)23(22,7-14)8-15)18-2-1-3-19-27-17(10-29(18)19)11-33(31,32)21-25-13-26-28-21;1-3-4-8-15(2)13-21(28)25-20-12-7-11-19-23-17(14-26(19)20)22(29)24-16-9-5-6-10-18(16)27;1-2/h1-3,10,13-16H,4-9,11-12H2,(H,24,30)(H,25,26,28);3-4,7,11-12,14-16,18,27H,5-6,8-10,13H2,1-2H3,(H,24,29)(H,25,28);1-2H2/b;4-3-;. The minimum Gasteiger partial charge on any atom is -0.391 e. The second-order valence-corrected chi connectivity index (χ2v) is 20.5. The van der Waals surface area contributed by atoms with Crippen LogP contribution in [0.25, 0.3) is 11.3 Å². The van der Waals surface area contributed by atoms with E-state index < -0.39 is 15.9 Å². The van der Waals surface area contributed by atoms with Gasteiger partial charge in [-0.1, -0.05) is 44.1 Å². The normalized spacial score (nSPS) is 26.9. The molecule has 5 N–H and O–H groups in total. The van der Waals surface area contributed by atoms with Gasteiger partial charge in [-0.25, -0.2) is 23.4 Å². The zero-order chi connectivity index (χ0) is 45.2. The monoisotopic (exact) mass is 892 g/mol. The van der Waals surface area contributed by atoms with Gasteiger partial charge < -0.3 is 21.1 Å². The first-order valence-corrected chi connectivity index (χ1v) is 24.2. The van der Waals surface area contributed by atoms with Crippen LogP contribution in [-0.2, 0) is 20.4 Å². The minimum absolute atomic E-state index is 0.0699. The fraction of sp³-hybridized carbons (Fsp3) is 0.511. The third-order valence-electron chi connectivity index (χ3n) is 14.5. The smallest absolute Gasteiger partial charge is 0.271 e. The van der Waals surface area contributed by atoms with Crippen molar-refractivity contribution in [2.24, 2.45) is 34.5 Å². The maximum atomic E-state index is 13.3. The van der Waals surface area contributed by atoms with Gasteiger partial charge in [0.05, 0.1) is 17.8 Å². The van der Waals surface area contributed by atoms with E-state index in [0.29, 0.717) is 46.8 Å². The Morgan fingerprint density at radius 1 is 0.969 bits per heavy atom. The summed E-state index contributed by atoms with van der Waals surface area (Å²) in [5.41, 5.74) is 2.98. The molecular formula is C47H60N10O6S. The van der Waals surface area contributed by atoms with Crippen LogP contribution < -0.4 is 16.0 Å². The van der Waals surface area contributed by atoms with Crippen molar-refractivity contribution in [3.05, 3.63) is 97.5 Å². The van der Waals surface area contributed by atoms with Crippen LogP contribution >= 0.6 is 0 Å². The number of carbonyl (C=O) groups is 3. The fourth-order valence-corrected chi connectivity index (χ4v) is 12.9. The molecule has 16 nitrogen and oxygen atoms in total. The summed E-state index contributed by atoms with van der Waals surface area (Å²) < 4.78 is 28.5. The summed E-state index contributed by atoms with van der Waals surface area (Å²) in [7, 11) is -3.69. The lowest BCUT2D eigenvalue weighted by molar-refractivity contribution is -0.117. The number of aliphatic hydroxyl groups is 1. The van der Waals surface area contributed by atoms with E-state index in [0.717, 1.165) is 56.3 Å². The Kier molecular flexibility index (Phi) is 12.9. The number of hydrogen-bond acceptors (Lipinski definition) is 10. The summed E-state index contributed by atoms with van der Waals surface area (Å²) >= 11 is 0. The van der Waals surface area contributed by atoms with Crippen molar-refractivity contribution in [1.82, 2.24) is 44.6 Å². The summed E-state index contributed by atoms with van der Waals surface area (Å²) in [6.45, 7) is 10.7. The number of aliphatic hydroxyl groups excluding tert-OH is 1. The van der Waals surface area contributed by atoms with Crippen LogP contribution in [0.4, 0.5) is 5.82 Å². The number of fused-ring (bicyclic) bond motifs is 4. The van der Waals surface area contributed by atoms with Gasteiger partial charge in [0, 0.05) is 25.4 Å². The highest BCUT2D eigenvalue weighted by molar-refractivity contribution is 7.90. The van der Waals surface area contributed by atoms with E-state index in [1.54, 1.807) is 57.6 Å². The van der Waals surface area contributed by atoms with E-state index in [1.807, 2.05) is 19.9 Å². The highest BCUT2D eigenvalue weighted by Gasteiger charge is 2.74. The maximum absolute atomic E-state index is 13.3. The second kappa shape index (κ2) is 18.4. The molecule has 3 bridgehead atoms. The lowest BCUT2D eigenvalue weighted by Gasteiger charge is -2.59. The van der Waals surface area contributed by atoms with E-state index in [1.165, 1.54) is 38.5 Å². The van der Waals surface area contributed by atoms with Crippen LogP contribution in [0.2, 0.25) is 0 Å². The van der Waals surface area contributed by atoms with Crippen LogP contribution in [0.3, 0.4) is 0 Å². The molecule has 340 valence electrons. The third kappa shape index (κ3) is 8.75. The third-order valence-corrected chi connectivity index (χ3v) is 15.9. The number of aromatic nitrogens is 7. The lowest BCUT2D eigenvalue weighted by Crippen LogP contribution is -2.57. The predicted molar refractivity (Wildman–Crippen MR) is 242 cm³/mol. The Bertz CT molecular complexity index is 2630. The molecule has 8 atom stereocenters. The molecule has 0 aromatic carbocycles. The Balaban J connectivity index is 0.000000170. The molecule has 5 fully saturated rings. The van der Waals surface area contributed by atoms with E-state index in [4.69, 9.17) is 0 Å². The molecule has 5 saturated carbocycles. The summed E-state index contributed by atoms with van der Waals surface area (Å²) in [6.07, 6.45) is 20.7. The number of carbonyl (C=O) groups excluding carboxylic acids is 3. The zero-order valence-corrected chi connectivity index (χ0v) is 37.5. The van der Waals surface area contributed by atoms with E-state index in [2.05, 4.69) is 60.3 Å². The van der Waals surface area contributed by atoms with E-state index >= 15 is 0 Å². The number of amides is 3. The van der Waals surface area contributed by atoms with Crippen molar-refractivity contribution in [1.29, 1.82) is 0 Å². The maximum Gasteiger partial charge on any atom is 0.271 e. The first kappa shape index (κ1) is 44.9. The summed E-state index contributed by atoms with van der Waals surface area (Å²) in [5.74, 6) is 2.63. The molecule has 3 amide bonds. The second-order valence-electron chi connectivity index (χ2n) is 18.6.